The van der Waals surface area contributed by atoms with E-state index in [0.29, 0.717) is 19.6 Å². The lowest BCUT2D eigenvalue weighted by Crippen LogP contribution is -2.44. The first kappa shape index (κ1) is 15.0. The van der Waals surface area contributed by atoms with Crippen LogP contribution in [0, 0.1) is 0 Å². The molecule has 5 heteroatoms. The molecule has 0 spiro atoms. The van der Waals surface area contributed by atoms with Gasteiger partial charge in [-0.25, -0.2) is 0 Å². The monoisotopic (exact) mass is 255 g/mol. The summed E-state index contributed by atoms with van der Waals surface area (Å²) in [5.74, 6) is 0.132. The molecule has 0 aromatic rings. The van der Waals surface area contributed by atoms with Crippen molar-refractivity contribution in [2.24, 2.45) is 0 Å². The van der Waals surface area contributed by atoms with Gasteiger partial charge in [0, 0.05) is 19.1 Å². The Morgan fingerprint density at radius 3 is 2.33 bits per heavy atom. The minimum absolute atomic E-state index is 0.0129. The van der Waals surface area contributed by atoms with E-state index in [1.807, 2.05) is 30.6 Å². The molecule has 0 radical (unpaired) electrons. The average molecular weight is 255 g/mol. The van der Waals surface area contributed by atoms with Crippen molar-refractivity contribution in [2.75, 3.05) is 32.7 Å². The van der Waals surface area contributed by atoms with E-state index in [0.717, 1.165) is 25.9 Å². The summed E-state index contributed by atoms with van der Waals surface area (Å²) in [6, 6.07) is 0.144. The number of nitrogens with one attached hydrogen (secondary N) is 1. The maximum Gasteiger partial charge on any atom is 0.236 e. The first-order valence-electron chi connectivity index (χ1n) is 6.82. The number of carbonyl (C=O) groups excluding carboxylic acids is 2. The van der Waals surface area contributed by atoms with Gasteiger partial charge in [-0.05, 0) is 33.2 Å². The van der Waals surface area contributed by atoms with Gasteiger partial charge in [-0.1, -0.05) is 6.92 Å². The van der Waals surface area contributed by atoms with E-state index in [2.05, 4.69) is 5.32 Å². The van der Waals surface area contributed by atoms with Gasteiger partial charge >= 0.3 is 0 Å². The van der Waals surface area contributed by atoms with Crippen LogP contribution in [0.3, 0.4) is 0 Å². The Bertz CT molecular complexity index is 286. The highest BCUT2D eigenvalue weighted by molar-refractivity contribution is 5.81. The van der Waals surface area contributed by atoms with E-state index in [-0.39, 0.29) is 17.9 Å². The molecule has 1 aliphatic heterocycles. The van der Waals surface area contributed by atoms with Crippen LogP contribution >= 0.6 is 0 Å². The van der Waals surface area contributed by atoms with Crippen molar-refractivity contribution in [2.45, 2.75) is 39.7 Å². The fraction of sp³-hybridized carbons (Fsp3) is 0.846. The van der Waals surface area contributed by atoms with Gasteiger partial charge < -0.3 is 10.2 Å². The number of likely N-dealkylation sites (tertiary alicyclic amines) is 1. The van der Waals surface area contributed by atoms with Crippen molar-refractivity contribution in [3.63, 3.8) is 0 Å². The molecule has 18 heavy (non-hydrogen) atoms. The van der Waals surface area contributed by atoms with E-state index in [4.69, 9.17) is 0 Å². The molecule has 5 nitrogen and oxygen atoms in total. The van der Waals surface area contributed by atoms with E-state index >= 15 is 0 Å². The van der Waals surface area contributed by atoms with E-state index in [1.165, 1.54) is 0 Å². The van der Waals surface area contributed by atoms with Crippen LogP contribution in [0.25, 0.3) is 0 Å². The molecule has 0 saturated carbocycles. The summed E-state index contributed by atoms with van der Waals surface area (Å²) < 4.78 is 0. The predicted molar refractivity (Wildman–Crippen MR) is 71.2 cm³/mol. The fourth-order valence-electron chi connectivity index (χ4n) is 2.11. The summed E-state index contributed by atoms with van der Waals surface area (Å²) in [4.78, 5) is 27.4. The van der Waals surface area contributed by atoms with E-state index < -0.39 is 0 Å². The van der Waals surface area contributed by atoms with Crippen molar-refractivity contribution in [3.05, 3.63) is 0 Å². The molecular formula is C13H25N3O2. The van der Waals surface area contributed by atoms with Crippen molar-refractivity contribution >= 4 is 11.8 Å². The summed E-state index contributed by atoms with van der Waals surface area (Å²) in [5.41, 5.74) is 0. The van der Waals surface area contributed by atoms with Gasteiger partial charge in [0.2, 0.25) is 11.8 Å². The zero-order valence-corrected chi connectivity index (χ0v) is 11.7. The van der Waals surface area contributed by atoms with E-state index in [1.54, 1.807) is 0 Å². The van der Waals surface area contributed by atoms with Crippen LogP contribution in [0.5, 0.6) is 0 Å². The van der Waals surface area contributed by atoms with Crippen molar-refractivity contribution in [3.8, 4) is 0 Å². The third kappa shape index (κ3) is 5.04. The van der Waals surface area contributed by atoms with Crippen LogP contribution in [0.2, 0.25) is 0 Å². The number of carbonyl (C=O) groups is 2. The van der Waals surface area contributed by atoms with Gasteiger partial charge in [0.15, 0.2) is 0 Å². The highest BCUT2D eigenvalue weighted by atomic mass is 16.2. The SMILES string of the molecule is CCN(CC(=O)NC(C)C)CC(=O)N1CCCC1. The second-order valence-corrected chi connectivity index (χ2v) is 5.11. The number of likely N-dealkylation sites (N-methyl/N-ethyl adjacent to an activating group) is 1. The molecule has 0 aromatic heterocycles. The molecule has 0 aromatic carbocycles. The molecule has 1 rings (SSSR count). The van der Waals surface area contributed by atoms with Gasteiger partial charge in [0.25, 0.3) is 0 Å². The molecule has 104 valence electrons. The van der Waals surface area contributed by atoms with Gasteiger partial charge in [-0.3, -0.25) is 14.5 Å². The Balaban J connectivity index is 2.36. The summed E-state index contributed by atoms with van der Waals surface area (Å²) in [5, 5.41) is 2.84. The highest BCUT2D eigenvalue weighted by Crippen LogP contribution is 2.07. The Morgan fingerprint density at radius 1 is 1.22 bits per heavy atom. The number of hydrogen-bond donors (Lipinski definition) is 1. The molecule has 1 heterocycles. The molecule has 1 saturated heterocycles. The van der Waals surface area contributed by atoms with Gasteiger partial charge in [0.05, 0.1) is 13.1 Å². The first-order chi connectivity index (χ1) is 8.52. The number of rotatable bonds is 6. The lowest BCUT2D eigenvalue weighted by Gasteiger charge is -2.23. The van der Waals surface area contributed by atoms with Crippen molar-refractivity contribution in [1.29, 1.82) is 0 Å². The maximum atomic E-state index is 12.0. The Morgan fingerprint density at radius 2 is 1.83 bits per heavy atom. The highest BCUT2D eigenvalue weighted by Gasteiger charge is 2.20. The van der Waals surface area contributed by atoms with Crippen molar-refractivity contribution in [1.82, 2.24) is 15.1 Å². The van der Waals surface area contributed by atoms with Crippen LogP contribution in [-0.2, 0) is 9.59 Å². The summed E-state index contributed by atoms with van der Waals surface area (Å²) in [6.07, 6.45) is 2.21. The maximum absolute atomic E-state index is 12.0. The quantitative estimate of drug-likeness (QED) is 0.750. The Labute approximate surface area is 110 Å². The third-order valence-electron chi connectivity index (χ3n) is 3.08. The zero-order valence-electron chi connectivity index (χ0n) is 11.7. The fourth-order valence-corrected chi connectivity index (χ4v) is 2.11. The molecule has 0 atom stereocenters. The molecule has 1 aliphatic rings. The summed E-state index contributed by atoms with van der Waals surface area (Å²) in [7, 11) is 0. The molecular weight excluding hydrogens is 230 g/mol. The van der Waals surface area contributed by atoms with Crippen LogP contribution in [0.4, 0.5) is 0 Å². The molecule has 0 bridgehead atoms. The second-order valence-electron chi connectivity index (χ2n) is 5.11. The molecule has 0 aliphatic carbocycles. The molecule has 1 fully saturated rings. The summed E-state index contributed by atoms with van der Waals surface area (Å²) in [6.45, 7) is 8.94. The van der Waals surface area contributed by atoms with Gasteiger partial charge in [-0.2, -0.15) is 0 Å². The normalized spacial score (nSPS) is 15.5. The number of hydrogen-bond acceptors (Lipinski definition) is 3. The van der Waals surface area contributed by atoms with Crippen LogP contribution < -0.4 is 5.32 Å². The smallest absolute Gasteiger partial charge is 0.236 e. The number of nitrogens with zero attached hydrogens (tertiary/aromatic N) is 2. The largest absolute Gasteiger partial charge is 0.353 e. The third-order valence-corrected chi connectivity index (χ3v) is 3.08. The molecule has 0 unspecified atom stereocenters. The molecule has 2 amide bonds. The zero-order chi connectivity index (χ0) is 13.5. The average Bonchev–Trinajstić information content (AvgIpc) is 2.80. The van der Waals surface area contributed by atoms with Crippen LogP contribution in [-0.4, -0.2) is 60.4 Å². The van der Waals surface area contributed by atoms with Crippen molar-refractivity contribution < 1.29 is 9.59 Å². The first-order valence-corrected chi connectivity index (χ1v) is 6.82. The minimum Gasteiger partial charge on any atom is -0.353 e. The standard InChI is InChI=1S/C13H25N3O2/c1-4-15(9-12(17)14-11(2)3)10-13(18)16-7-5-6-8-16/h11H,4-10H2,1-3H3,(H,14,17). The topological polar surface area (TPSA) is 52.7 Å². The predicted octanol–water partition coefficient (Wildman–Crippen LogP) is 0.455. The van der Waals surface area contributed by atoms with Gasteiger partial charge in [0.1, 0.15) is 0 Å². The Kier molecular flexibility index (Phi) is 6.12. The lowest BCUT2D eigenvalue weighted by atomic mass is 10.3. The van der Waals surface area contributed by atoms with E-state index in [9.17, 15) is 9.59 Å². The van der Waals surface area contributed by atoms with Crippen LogP contribution in [0.15, 0.2) is 0 Å². The van der Waals surface area contributed by atoms with Crippen LogP contribution in [0.1, 0.15) is 33.6 Å². The minimum atomic E-state index is -0.0129. The Hall–Kier alpha value is -1.10. The second kappa shape index (κ2) is 7.36. The summed E-state index contributed by atoms with van der Waals surface area (Å²) >= 11 is 0. The lowest BCUT2D eigenvalue weighted by molar-refractivity contribution is -0.132. The van der Waals surface area contributed by atoms with Gasteiger partial charge in [-0.15, -0.1) is 0 Å². The number of amides is 2. The molecule has 1 N–H and O–H groups in total.